The third-order valence-corrected chi connectivity index (χ3v) is 4.01. The van der Waals surface area contributed by atoms with Crippen molar-refractivity contribution in [2.75, 3.05) is 12.4 Å². The fourth-order valence-electron chi connectivity index (χ4n) is 2.12. The van der Waals surface area contributed by atoms with Gasteiger partial charge in [-0.3, -0.25) is 0 Å². The van der Waals surface area contributed by atoms with Gasteiger partial charge in [0.15, 0.2) is 0 Å². The van der Waals surface area contributed by atoms with Crippen molar-refractivity contribution in [2.45, 2.75) is 51.9 Å². The van der Waals surface area contributed by atoms with Crippen LogP contribution in [0, 0.1) is 0 Å². The van der Waals surface area contributed by atoms with Gasteiger partial charge < -0.3 is 4.74 Å². The first kappa shape index (κ1) is 18.0. The molecule has 119 valence electrons. The lowest BCUT2D eigenvalue weighted by atomic mass is 10.0. The molecule has 0 aromatic heterocycles. The highest BCUT2D eigenvalue weighted by Crippen LogP contribution is 2.15. The van der Waals surface area contributed by atoms with Crippen molar-refractivity contribution in [3.05, 3.63) is 29.8 Å². The Balaban J connectivity index is 2.21. The monoisotopic (exact) mass is 313 g/mol. The average molecular weight is 313 g/mol. The van der Waals surface area contributed by atoms with Crippen LogP contribution in [0.2, 0.25) is 0 Å². The van der Waals surface area contributed by atoms with Gasteiger partial charge in [-0.1, -0.05) is 55.7 Å². The summed E-state index contributed by atoms with van der Waals surface area (Å²) < 4.78 is 36.6. The zero-order valence-corrected chi connectivity index (χ0v) is 13.5. The van der Waals surface area contributed by atoms with Crippen LogP contribution in [0.5, 0.6) is 5.75 Å². The summed E-state index contributed by atoms with van der Waals surface area (Å²) in [4.78, 5) is 0. The van der Waals surface area contributed by atoms with Gasteiger partial charge in [-0.2, -0.15) is 8.42 Å². The Kier molecular flexibility index (Phi) is 8.38. The van der Waals surface area contributed by atoms with Crippen molar-refractivity contribution < 1.29 is 17.7 Å². The van der Waals surface area contributed by atoms with Crippen LogP contribution in [-0.2, 0) is 21.1 Å². The van der Waals surface area contributed by atoms with E-state index >= 15 is 0 Å². The highest BCUT2D eigenvalue weighted by atomic mass is 32.2. The number of ether oxygens (including phenoxy) is 1. The molecule has 0 saturated carbocycles. The van der Waals surface area contributed by atoms with E-state index in [0.717, 1.165) is 6.42 Å². The topological polar surface area (TPSA) is 63.3 Å². The van der Waals surface area contributed by atoms with Gasteiger partial charge in [0.2, 0.25) is 0 Å². The molecular formula is C16H25O4S. The molecule has 0 aliphatic carbocycles. The van der Waals surface area contributed by atoms with Crippen LogP contribution >= 0.6 is 0 Å². The minimum atomic E-state index is -4.20. The van der Waals surface area contributed by atoms with Gasteiger partial charge in [-0.25, -0.2) is 0 Å². The van der Waals surface area contributed by atoms with E-state index in [1.165, 1.54) is 44.1 Å². The Bertz CT molecular complexity index is 480. The van der Waals surface area contributed by atoms with Crippen molar-refractivity contribution >= 4 is 10.1 Å². The van der Waals surface area contributed by atoms with Crippen molar-refractivity contribution in [2.24, 2.45) is 0 Å². The summed E-state index contributed by atoms with van der Waals surface area (Å²) in [6, 6.07) is 7.63. The van der Waals surface area contributed by atoms with Crippen molar-refractivity contribution in [3.8, 4) is 5.75 Å². The smallest absolute Gasteiger partial charge is 0.297 e. The lowest BCUT2D eigenvalue weighted by molar-refractivity contribution is 0.330. The van der Waals surface area contributed by atoms with Gasteiger partial charge >= 0.3 is 0 Å². The zero-order chi connectivity index (χ0) is 15.6. The Morgan fingerprint density at radius 3 is 2.19 bits per heavy atom. The summed E-state index contributed by atoms with van der Waals surface area (Å²) in [5.74, 6) is 0.109. The van der Waals surface area contributed by atoms with Gasteiger partial charge in [0.1, 0.15) is 18.1 Å². The van der Waals surface area contributed by atoms with E-state index in [4.69, 9.17) is 4.74 Å². The first-order valence-corrected chi connectivity index (χ1v) is 9.24. The molecule has 1 aromatic rings. The number of benzene rings is 1. The van der Waals surface area contributed by atoms with E-state index in [2.05, 4.69) is 6.92 Å². The van der Waals surface area contributed by atoms with Crippen LogP contribution < -0.4 is 4.74 Å². The quantitative estimate of drug-likeness (QED) is 0.585. The minimum absolute atomic E-state index is 0.0946. The van der Waals surface area contributed by atoms with Crippen LogP contribution in [0.4, 0.5) is 0 Å². The lowest BCUT2D eigenvalue weighted by Gasteiger charge is -2.06. The van der Waals surface area contributed by atoms with Gasteiger partial charge in [0.25, 0.3) is 10.1 Å². The van der Waals surface area contributed by atoms with E-state index in [1.807, 2.05) is 24.3 Å². The summed E-state index contributed by atoms with van der Waals surface area (Å²) in [6.45, 7) is 2.12. The Morgan fingerprint density at radius 1 is 0.952 bits per heavy atom. The maximum atomic E-state index is 10.5. The summed E-state index contributed by atoms with van der Waals surface area (Å²) >= 11 is 0. The minimum Gasteiger partial charge on any atom is -0.492 e. The summed E-state index contributed by atoms with van der Waals surface area (Å²) in [6.07, 6.45) is 8.74. The molecule has 1 rings (SSSR count). The summed E-state index contributed by atoms with van der Waals surface area (Å²) in [5.41, 5.74) is 1.26. The number of hydrogen-bond donors (Lipinski definition) is 0. The fraction of sp³-hybridized carbons (Fsp3) is 0.625. The number of hydrogen-bond acceptors (Lipinski definition) is 3. The molecule has 0 fully saturated rings. The fourth-order valence-corrected chi connectivity index (χ4v) is 2.41. The van der Waals surface area contributed by atoms with Crippen LogP contribution in [-0.4, -0.2) is 20.8 Å². The number of rotatable bonds is 11. The second kappa shape index (κ2) is 9.79. The maximum absolute atomic E-state index is 10.5. The molecule has 0 saturated heterocycles. The SMILES string of the molecule is CCCCCCCCc1ccc(OCCS([O])(=O)=O)cc1. The molecule has 5 heteroatoms. The Morgan fingerprint density at radius 2 is 1.57 bits per heavy atom. The van der Waals surface area contributed by atoms with Gasteiger partial charge in [0.05, 0.1) is 0 Å². The molecule has 1 aromatic carbocycles. The number of unbranched alkanes of at least 4 members (excludes halogenated alkanes) is 5. The molecular weight excluding hydrogens is 288 g/mol. The normalized spacial score (nSPS) is 11.5. The lowest BCUT2D eigenvalue weighted by Crippen LogP contribution is -2.11. The third-order valence-electron chi connectivity index (χ3n) is 3.34. The molecule has 0 unspecified atom stereocenters. The molecule has 1 radical (unpaired) electrons. The second-order valence-corrected chi connectivity index (χ2v) is 6.80. The number of aryl methyl sites for hydroxylation is 1. The molecule has 0 spiro atoms. The Labute approximate surface area is 128 Å². The zero-order valence-electron chi connectivity index (χ0n) is 12.7. The molecule has 0 heterocycles. The van der Waals surface area contributed by atoms with Crippen molar-refractivity contribution in [1.82, 2.24) is 0 Å². The summed E-state index contributed by atoms with van der Waals surface area (Å²) in [5, 5.41) is 0. The maximum Gasteiger partial charge on any atom is 0.297 e. The molecule has 0 N–H and O–H groups in total. The van der Waals surface area contributed by atoms with Crippen molar-refractivity contribution in [1.29, 1.82) is 0 Å². The van der Waals surface area contributed by atoms with Crippen LogP contribution in [0.1, 0.15) is 51.0 Å². The van der Waals surface area contributed by atoms with E-state index < -0.39 is 15.9 Å². The average Bonchev–Trinajstić information content (AvgIpc) is 2.43. The van der Waals surface area contributed by atoms with E-state index in [0.29, 0.717) is 5.75 Å². The van der Waals surface area contributed by atoms with Crippen molar-refractivity contribution in [3.63, 3.8) is 0 Å². The third kappa shape index (κ3) is 9.47. The first-order valence-electron chi connectivity index (χ1n) is 7.66. The molecule has 0 amide bonds. The van der Waals surface area contributed by atoms with Gasteiger partial charge in [0, 0.05) is 0 Å². The molecule has 21 heavy (non-hydrogen) atoms. The highest BCUT2D eigenvalue weighted by Gasteiger charge is 2.06. The van der Waals surface area contributed by atoms with Gasteiger partial charge in [-0.05, 0) is 30.5 Å². The molecule has 0 atom stereocenters. The molecule has 0 aliphatic heterocycles. The predicted molar refractivity (Wildman–Crippen MR) is 83.5 cm³/mol. The standard InChI is InChI=1S/C16H25O4S/c1-2-3-4-5-6-7-8-15-9-11-16(12-10-15)20-13-14-21(17,18)19/h9-12H,2-8,13-14H2,1H3. The largest absolute Gasteiger partial charge is 0.492 e. The molecule has 0 aliphatic rings. The van der Waals surface area contributed by atoms with E-state index in [9.17, 15) is 13.0 Å². The van der Waals surface area contributed by atoms with Crippen LogP contribution in [0.25, 0.3) is 0 Å². The highest BCUT2D eigenvalue weighted by molar-refractivity contribution is 7.85. The van der Waals surface area contributed by atoms with Crippen LogP contribution in [0.15, 0.2) is 24.3 Å². The molecule has 0 bridgehead atoms. The molecule has 4 nitrogen and oxygen atoms in total. The first-order chi connectivity index (χ1) is 10.0. The van der Waals surface area contributed by atoms with E-state index in [1.54, 1.807) is 0 Å². The predicted octanol–water partition coefficient (Wildman–Crippen LogP) is 3.73. The van der Waals surface area contributed by atoms with E-state index in [-0.39, 0.29) is 6.61 Å². The van der Waals surface area contributed by atoms with Crippen LogP contribution in [0.3, 0.4) is 0 Å². The second-order valence-electron chi connectivity index (χ2n) is 5.27. The van der Waals surface area contributed by atoms with Gasteiger partial charge in [-0.15, -0.1) is 0 Å². The Hall–Kier alpha value is -1.07. The summed E-state index contributed by atoms with van der Waals surface area (Å²) in [7, 11) is -4.20.